The van der Waals surface area contributed by atoms with E-state index in [0.717, 1.165) is 18.9 Å². The molecular formula is C14H25N3. The summed E-state index contributed by atoms with van der Waals surface area (Å²) in [4.78, 5) is 4.47. The molecule has 1 aromatic heterocycles. The van der Waals surface area contributed by atoms with Gasteiger partial charge in [0, 0.05) is 31.9 Å². The lowest BCUT2D eigenvalue weighted by Crippen LogP contribution is -2.36. The van der Waals surface area contributed by atoms with Crippen molar-refractivity contribution in [2.24, 2.45) is 13.0 Å². The molecule has 0 spiro atoms. The highest BCUT2D eigenvalue weighted by Gasteiger charge is 2.24. The molecule has 1 fully saturated rings. The molecule has 96 valence electrons. The molecule has 0 amide bonds. The molecule has 1 aromatic rings. The molecule has 0 aliphatic heterocycles. The van der Waals surface area contributed by atoms with Crippen molar-refractivity contribution in [3.63, 3.8) is 0 Å². The van der Waals surface area contributed by atoms with Gasteiger partial charge in [-0.25, -0.2) is 4.98 Å². The number of aromatic nitrogens is 2. The largest absolute Gasteiger partial charge is 0.338 e. The van der Waals surface area contributed by atoms with Crippen LogP contribution in [0.15, 0.2) is 12.4 Å². The molecular weight excluding hydrogens is 210 g/mol. The van der Waals surface area contributed by atoms with Crippen molar-refractivity contribution >= 4 is 0 Å². The van der Waals surface area contributed by atoms with E-state index in [-0.39, 0.29) is 0 Å². The molecule has 0 aromatic carbocycles. The topological polar surface area (TPSA) is 29.9 Å². The van der Waals surface area contributed by atoms with Crippen LogP contribution in [-0.2, 0) is 13.5 Å². The van der Waals surface area contributed by atoms with Crippen LogP contribution in [0.5, 0.6) is 0 Å². The first-order chi connectivity index (χ1) is 8.31. The van der Waals surface area contributed by atoms with Crippen LogP contribution < -0.4 is 5.32 Å². The first-order valence-corrected chi connectivity index (χ1v) is 7.01. The molecule has 1 N–H and O–H groups in total. The fourth-order valence-electron chi connectivity index (χ4n) is 2.99. The second-order valence-corrected chi connectivity index (χ2v) is 5.22. The summed E-state index contributed by atoms with van der Waals surface area (Å²) in [5.74, 6) is 2.00. The van der Waals surface area contributed by atoms with Crippen molar-refractivity contribution in [2.45, 2.75) is 51.5 Å². The average molecular weight is 235 g/mol. The number of nitrogens with one attached hydrogen (secondary N) is 1. The van der Waals surface area contributed by atoms with Gasteiger partial charge in [-0.15, -0.1) is 0 Å². The van der Waals surface area contributed by atoms with Crippen LogP contribution in [0.2, 0.25) is 0 Å². The van der Waals surface area contributed by atoms with Gasteiger partial charge in [-0.3, -0.25) is 0 Å². The van der Waals surface area contributed by atoms with Gasteiger partial charge in [-0.05, 0) is 25.3 Å². The van der Waals surface area contributed by atoms with Gasteiger partial charge in [-0.1, -0.05) is 26.2 Å². The number of imidazole rings is 1. The van der Waals surface area contributed by atoms with Crippen molar-refractivity contribution in [3.8, 4) is 0 Å². The van der Waals surface area contributed by atoms with E-state index < -0.39 is 0 Å². The summed E-state index contributed by atoms with van der Waals surface area (Å²) in [5, 5.41) is 3.67. The number of aryl methyl sites for hydroxylation is 1. The highest BCUT2D eigenvalue weighted by Crippen LogP contribution is 2.26. The minimum Gasteiger partial charge on any atom is -0.338 e. The zero-order chi connectivity index (χ0) is 12.1. The number of hydrogen-bond donors (Lipinski definition) is 1. The van der Waals surface area contributed by atoms with Gasteiger partial charge in [-0.2, -0.15) is 0 Å². The summed E-state index contributed by atoms with van der Waals surface area (Å²) in [5.41, 5.74) is 0. The first-order valence-electron chi connectivity index (χ1n) is 7.01. The lowest BCUT2D eigenvalue weighted by Gasteiger charge is -2.25. The molecule has 3 nitrogen and oxygen atoms in total. The van der Waals surface area contributed by atoms with Crippen LogP contribution in [0.25, 0.3) is 0 Å². The highest BCUT2D eigenvalue weighted by atomic mass is 15.0. The Morgan fingerprint density at radius 1 is 1.35 bits per heavy atom. The summed E-state index contributed by atoms with van der Waals surface area (Å²) in [6.07, 6.45) is 11.9. The van der Waals surface area contributed by atoms with Gasteiger partial charge in [0.2, 0.25) is 0 Å². The van der Waals surface area contributed by atoms with E-state index in [0.29, 0.717) is 6.04 Å². The molecule has 2 atom stereocenters. The second kappa shape index (κ2) is 6.20. The van der Waals surface area contributed by atoms with Crippen molar-refractivity contribution < 1.29 is 0 Å². The van der Waals surface area contributed by atoms with Crippen LogP contribution in [0.3, 0.4) is 0 Å². The monoisotopic (exact) mass is 235 g/mol. The highest BCUT2D eigenvalue weighted by molar-refractivity contribution is 4.95. The molecule has 0 radical (unpaired) electrons. The fraction of sp³-hybridized carbons (Fsp3) is 0.786. The molecule has 2 unspecified atom stereocenters. The molecule has 0 saturated heterocycles. The maximum absolute atomic E-state index is 4.47. The van der Waals surface area contributed by atoms with Gasteiger partial charge in [0.15, 0.2) is 0 Å². The lowest BCUT2D eigenvalue weighted by atomic mass is 9.91. The average Bonchev–Trinajstić information content (AvgIpc) is 2.59. The Kier molecular flexibility index (Phi) is 4.60. The predicted molar refractivity (Wildman–Crippen MR) is 71.0 cm³/mol. The minimum absolute atomic E-state index is 0.694. The zero-order valence-electron chi connectivity index (χ0n) is 11.2. The van der Waals surface area contributed by atoms with Crippen LogP contribution >= 0.6 is 0 Å². The SMILES string of the molecule is CCNC1CCCCCC1Cc1nccn1C. The van der Waals surface area contributed by atoms with E-state index in [1.165, 1.54) is 37.9 Å². The quantitative estimate of drug-likeness (QED) is 0.813. The van der Waals surface area contributed by atoms with Gasteiger partial charge in [0.25, 0.3) is 0 Å². The Morgan fingerprint density at radius 2 is 2.18 bits per heavy atom. The first kappa shape index (κ1) is 12.6. The summed E-state index contributed by atoms with van der Waals surface area (Å²) in [7, 11) is 2.10. The molecule has 1 aliphatic rings. The third-order valence-corrected chi connectivity index (χ3v) is 3.99. The van der Waals surface area contributed by atoms with E-state index in [4.69, 9.17) is 0 Å². The summed E-state index contributed by atoms with van der Waals surface area (Å²) < 4.78 is 2.16. The standard InChI is InChI=1S/C14H25N3/c1-3-15-13-8-6-4-5-7-12(13)11-14-16-9-10-17(14)2/h9-10,12-13,15H,3-8,11H2,1-2H3. The maximum Gasteiger partial charge on any atom is 0.108 e. The second-order valence-electron chi connectivity index (χ2n) is 5.22. The number of hydrogen-bond acceptors (Lipinski definition) is 2. The molecule has 1 aliphatic carbocycles. The van der Waals surface area contributed by atoms with E-state index in [2.05, 4.69) is 28.8 Å². The predicted octanol–water partition coefficient (Wildman–Crippen LogP) is 2.52. The molecule has 0 bridgehead atoms. The Morgan fingerprint density at radius 3 is 2.88 bits per heavy atom. The Bertz CT molecular complexity index is 332. The Labute approximate surface area is 105 Å². The van der Waals surface area contributed by atoms with Crippen molar-refractivity contribution in [3.05, 3.63) is 18.2 Å². The molecule has 1 heterocycles. The van der Waals surface area contributed by atoms with Gasteiger partial charge in [0.05, 0.1) is 0 Å². The Hall–Kier alpha value is -0.830. The summed E-state index contributed by atoms with van der Waals surface area (Å²) >= 11 is 0. The lowest BCUT2D eigenvalue weighted by molar-refractivity contribution is 0.331. The van der Waals surface area contributed by atoms with Crippen LogP contribution in [-0.4, -0.2) is 22.1 Å². The third-order valence-electron chi connectivity index (χ3n) is 3.99. The zero-order valence-corrected chi connectivity index (χ0v) is 11.2. The van der Waals surface area contributed by atoms with E-state index >= 15 is 0 Å². The smallest absolute Gasteiger partial charge is 0.108 e. The van der Waals surface area contributed by atoms with E-state index in [1.807, 2.05) is 12.4 Å². The van der Waals surface area contributed by atoms with Gasteiger partial charge in [0.1, 0.15) is 5.82 Å². The van der Waals surface area contributed by atoms with E-state index in [1.54, 1.807) is 0 Å². The molecule has 2 rings (SSSR count). The Balaban J connectivity index is 2.02. The number of rotatable bonds is 4. The van der Waals surface area contributed by atoms with Gasteiger partial charge < -0.3 is 9.88 Å². The normalized spacial score (nSPS) is 25.8. The summed E-state index contributed by atoms with van der Waals surface area (Å²) in [6.45, 7) is 3.30. The van der Waals surface area contributed by atoms with Crippen molar-refractivity contribution in [1.29, 1.82) is 0 Å². The number of nitrogens with zero attached hydrogens (tertiary/aromatic N) is 2. The van der Waals surface area contributed by atoms with Crippen molar-refractivity contribution in [1.82, 2.24) is 14.9 Å². The van der Waals surface area contributed by atoms with Crippen molar-refractivity contribution in [2.75, 3.05) is 6.54 Å². The third kappa shape index (κ3) is 3.32. The minimum atomic E-state index is 0.694. The van der Waals surface area contributed by atoms with Gasteiger partial charge >= 0.3 is 0 Å². The molecule has 17 heavy (non-hydrogen) atoms. The maximum atomic E-state index is 4.47. The fourth-order valence-corrected chi connectivity index (χ4v) is 2.99. The van der Waals surface area contributed by atoms with Crippen LogP contribution in [0.1, 0.15) is 44.9 Å². The summed E-state index contributed by atoms with van der Waals surface area (Å²) in [6, 6.07) is 0.694. The molecule has 3 heteroatoms. The molecule has 1 saturated carbocycles. The van der Waals surface area contributed by atoms with Crippen LogP contribution in [0.4, 0.5) is 0 Å². The van der Waals surface area contributed by atoms with Crippen LogP contribution in [0, 0.1) is 5.92 Å². The van der Waals surface area contributed by atoms with E-state index in [9.17, 15) is 0 Å².